The average molecular weight is 638 g/mol. The summed E-state index contributed by atoms with van der Waals surface area (Å²) in [5, 5.41) is 26.7. The van der Waals surface area contributed by atoms with Crippen molar-refractivity contribution in [1.82, 2.24) is 14.9 Å². The van der Waals surface area contributed by atoms with Gasteiger partial charge in [-0.2, -0.15) is 10.5 Å². The highest BCUT2D eigenvalue weighted by atomic mass is 28.4. The van der Waals surface area contributed by atoms with Gasteiger partial charge >= 0.3 is 0 Å². The van der Waals surface area contributed by atoms with Crippen molar-refractivity contribution < 1.29 is 9.53 Å². The minimum Gasteiger partial charge on any atom is -0.432 e. The van der Waals surface area contributed by atoms with Gasteiger partial charge in [0.1, 0.15) is 6.07 Å². The molecule has 0 amide bonds. The van der Waals surface area contributed by atoms with Gasteiger partial charge in [0.25, 0.3) is 0 Å². The molecule has 10 heteroatoms. The Morgan fingerprint density at radius 1 is 1.15 bits per heavy atom. The summed E-state index contributed by atoms with van der Waals surface area (Å²) in [7, 11) is -2.35. The number of aromatic nitrogens is 2. The zero-order valence-corrected chi connectivity index (χ0v) is 29.5. The van der Waals surface area contributed by atoms with Crippen LogP contribution in [-0.2, 0) is 16.7 Å². The van der Waals surface area contributed by atoms with Crippen molar-refractivity contribution in [2.24, 2.45) is 0 Å². The number of anilines is 3. The van der Waals surface area contributed by atoms with E-state index in [1.807, 2.05) is 37.4 Å². The van der Waals surface area contributed by atoms with Gasteiger partial charge in [0, 0.05) is 49.0 Å². The Hall–Kier alpha value is -3.80. The van der Waals surface area contributed by atoms with E-state index in [1.54, 1.807) is 6.20 Å². The highest BCUT2D eigenvalue weighted by molar-refractivity contribution is 6.72. The minimum absolute atomic E-state index is 0.137. The van der Waals surface area contributed by atoms with E-state index in [9.17, 15) is 15.3 Å². The normalized spacial score (nSPS) is 21.6. The number of fused-ring (bicyclic) bond motifs is 1. The molecule has 3 N–H and O–H groups in total. The fourth-order valence-corrected chi connectivity index (χ4v) is 7.26. The number of nitrogens with zero attached hydrogens (tertiary/aromatic N) is 5. The summed E-state index contributed by atoms with van der Waals surface area (Å²) in [4.78, 5) is 22.7. The van der Waals surface area contributed by atoms with Gasteiger partial charge in [-0.15, -0.1) is 0 Å². The second-order valence-electron chi connectivity index (χ2n) is 14.7. The lowest BCUT2D eigenvalue weighted by atomic mass is 9.77. The van der Waals surface area contributed by atoms with Gasteiger partial charge in [0.2, 0.25) is 5.95 Å². The Kier molecular flexibility index (Phi) is 9.32. The lowest BCUT2D eigenvalue weighted by Gasteiger charge is -2.38. The fourth-order valence-electron chi connectivity index (χ4n) is 6.53. The quantitative estimate of drug-likeness (QED) is 0.213. The van der Waals surface area contributed by atoms with Crippen LogP contribution in [0.1, 0.15) is 75.3 Å². The third kappa shape index (κ3) is 6.96. The third-order valence-corrected chi connectivity index (χ3v) is 13.8. The van der Waals surface area contributed by atoms with Gasteiger partial charge in [-0.3, -0.25) is 4.90 Å². The molecule has 2 unspecified atom stereocenters. The number of hydrogen-bond donors (Lipinski definition) is 3. The third-order valence-electron chi connectivity index (χ3n) is 10.3. The Bertz CT molecular complexity index is 1690. The van der Waals surface area contributed by atoms with Crippen molar-refractivity contribution in [2.45, 2.75) is 96.7 Å². The van der Waals surface area contributed by atoms with Crippen molar-refractivity contribution in [2.75, 3.05) is 30.3 Å². The summed E-state index contributed by atoms with van der Waals surface area (Å²) >= 11 is 0. The number of rotatable bonds is 9. The number of benzene rings is 2. The first-order chi connectivity index (χ1) is 21.6. The van der Waals surface area contributed by atoms with Crippen LogP contribution in [0.2, 0.25) is 18.1 Å². The molecule has 0 bridgehead atoms. The molecule has 0 saturated carbocycles. The van der Waals surface area contributed by atoms with Crippen molar-refractivity contribution in [3.05, 3.63) is 64.3 Å². The van der Waals surface area contributed by atoms with Gasteiger partial charge in [0.15, 0.2) is 8.32 Å². The van der Waals surface area contributed by atoms with E-state index in [0.29, 0.717) is 22.8 Å². The van der Waals surface area contributed by atoms with Crippen LogP contribution in [-0.4, -0.2) is 59.8 Å². The standard InChI is InChI=1S/C36H47N7O2Si/c1-23-19-43(20-24(2)45-23)21-29-13-26(17-37)14-32(25(29)3)42-34-39-12-9-31(41-34)27-15-28(18-38)33-30(16-27)36(6,22-40-33)11-10-35(4,5)46(7,8)44/h9,12-16,23-24,40,44H,10-11,19-22H2,1-8H3,(H,39,41,42)/t23?,24?,36-/m0/s1. The predicted molar refractivity (Wildman–Crippen MR) is 185 cm³/mol. The van der Waals surface area contributed by atoms with Crippen molar-refractivity contribution in [1.29, 1.82) is 10.5 Å². The summed E-state index contributed by atoms with van der Waals surface area (Å²) in [5.74, 6) is 0.423. The zero-order valence-electron chi connectivity index (χ0n) is 28.5. The molecule has 1 fully saturated rings. The SMILES string of the molecule is Cc1c(CN2CC(C)OC(C)C2)cc(C#N)cc1Nc1nccc(-c2cc(C#N)c3c(c2)[C@@](C)(CCC(C)(C)[Si](C)(C)O)CN3)n1. The summed E-state index contributed by atoms with van der Waals surface area (Å²) in [6.07, 6.45) is 3.82. The topological polar surface area (TPSA) is 130 Å². The number of ether oxygens (including phenoxy) is 1. The number of nitriles is 2. The molecule has 1 saturated heterocycles. The zero-order chi connectivity index (χ0) is 33.4. The molecule has 2 aromatic carbocycles. The van der Waals surface area contributed by atoms with Gasteiger partial charge in [-0.25, -0.2) is 9.97 Å². The van der Waals surface area contributed by atoms with Gasteiger partial charge in [-0.05, 0) is 98.8 Å². The van der Waals surface area contributed by atoms with Gasteiger partial charge < -0.3 is 20.2 Å². The predicted octanol–water partition coefficient (Wildman–Crippen LogP) is 6.99. The maximum absolute atomic E-state index is 10.9. The molecular weight excluding hydrogens is 591 g/mol. The molecule has 2 aliphatic rings. The highest BCUT2D eigenvalue weighted by Crippen LogP contribution is 2.48. The molecule has 0 spiro atoms. The van der Waals surface area contributed by atoms with E-state index in [4.69, 9.17) is 9.72 Å². The minimum atomic E-state index is -2.35. The summed E-state index contributed by atoms with van der Waals surface area (Å²) in [5.41, 5.74) is 7.46. The van der Waals surface area contributed by atoms with Crippen LogP contribution in [0.3, 0.4) is 0 Å². The first-order valence-electron chi connectivity index (χ1n) is 16.2. The van der Waals surface area contributed by atoms with Crippen LogP contribution in [0.25, 0.3) is 11.3 Å². The molecule has 5 rings (SSSR count). The fraction of sp³-hybridized carbons (Fsp3) is 0.500. The molecule has 46 heavy (non-hydrogen) atoms. The Labute approximate surface area is 274 Å². The lowest BCUT2D eigenvalue weighted by Crippen LogP contribution is -2.44. The number of hydrogen-bond acceptors (Lipinski definition) is 9. The Morgan fingerprint density at radius 2 is 1.87 bits per heavy atom. The molecule has 0 radical (unpaired) electrons. The largest absolute Gasteiger partial charge is 0.432 e. The molecule has 0 aliphatic carbocycles. The van der Waals surface area contributed by atoms with E-state index >= 15 is 0 Å². The van der Waals surface area contributed by atoms with Crippen LogP contribution in [0, 0.1) is 29.6 Å². The van der Waals surface area contributed by atoms with E-state index in [1.165, 1.54) is 0 Å². The van der Waals surface area contributed by atoms with Crippen LogP contribution >= 0.6 is 0 Å². The maximum atomic E-state index is 10.9. The first kappa shape index (κ1) is 33.6. The Morgan fingerprint density at radius 3 is 2.52 bits per heavy atom. The molecule has 3 heterocycles. The van der Waals surface area contributed by atoms with Crippen LogP contribution in [0.5, 0.6) is 0 Å². The van der Waals surface area contributed by atoms with Gasteiger partial charge in [-0.1, -0.05) is 20.8 Å². The van der Waals surface area contributed by atoms with E-state index in [0.717, 1.165) is 72.6 Å². The molecule has 1 aromatic heterocycles. The van der Waals surface area contributed by atoms with E-state index in [-0.39, 0.29) is 22.7 Å². The summed E-state index contributed by atoms with van der Waals surface area (Å²) in [6.45, 7) is 20.0. The molecule has 2 aliphatic heterocycles. The number of morpholine rings is 1. The number of nitrogens with one attached hydrogen (secondary N) is 2. The summed E-state index contributed by atoms with van der Waals surface area (Å²) in [6, 6.07) is 14.4. The first-order valence-corrected chi connectivity index (χ1v) is 19.1. The van der Waals surface area contributed by atoms with E-state index < -0.39 is 8.32 Å². The smallest absolute Gasteiger partial charge is 0.227 e. The second-order valence-corrected chi connectivity index (χ2v) is 19.1. The van der Waals surface area contributed by atoms with Crippen LogP contribution < -0.4 is 10.6 Å². The molecule has 3 aromatic rings. The monoisotopic (exact) mass is 637 g/mol. The second kappa shape index (κ2) is 12.8. The van der Waals surface area contributed by atoms with Crippen molar-refractivity contribution in [3.8, 4) is 23.4 Å². The molecule has 3 atom stereocenters. The molecule has 242 valence electrons. The van der Waals surface area contributed by atoms with Gasteiger partial charge in [0.05, 0.1) is 40.8 Å². The van der Waals surface area contributed by atoms with Crippen molar-refractivity contribution >= 4 is 25.6 Å². The maximum Gasteiger partial charge on any atom is 0.227 e. The van der Waals surface area contributed by atoms with E-state index in [2.05, 4.69) is 80.3 Å². The average Bonchev–Trinajstić information content (AvgIpc) is 3.33. The van der Waals surface area contributed by atoms with Crippen molar-refractivity contribution in [3.63, 3.8) is 0 Å². The highest BCUT2D eigenvalue weighted by Gasteiger charge is 2.42. The summed E-state index contributed by atoms with van der Waals surface area (Å²) < 4.78 is 5.92. The van der Waals surface area contributed by atoms with Crippen LogP contribution in [0.4, 0.5) is 17.3 Å². The van der Waals surface area contributed by atoms with Crippen LogP contribution in [0.15, 0.2) is 36.5 Å². The lowest BCUT2D eigenvalue weighted by molar-refractivity contribution is -0.0705. The Balaban J connectivity index is 1.44. The molecule has 9 nitrogen and oxygen atoms in total. The molecular formula is C36H47N7O2Si.